The molecule has 0 saturated carbocycles. The summed E-state index contributed by atoms with van der Waals surface area (Å²) in [5.41, 5.74) is 5.30. The van der Waals surface area contributed by atoms with Crippen LogP contribution in [0.2, 0.25) is 0 Å². The minimum absolute atomic E-state index is 0.00450. The van der Waals surface area contributed by atoms with Gasteiger partial charge in [-0.05, 0) is 34.2 Å². The van der Waals surface area contributed by atoms with Crippen molar-refractivity contribution in [3.8, 4) is 23.5 Å². The Hall–Kier alpha value is -11.1. The molecule has 25 heteroatoms. The molecule has 556 valence electrons. The van der Waals surface area contributed by atoms with Crippen LogP contribution in [0.4, 0.5) is 13.2 Å². The van der Waals surface area contributed by atoms with Gasteiger partial charge in [-0.1, -0.05) is 217 Å². The van der Waals surface area contributed by atoms with E-state index >= 15 is 0 Å². The number of nitrogens with zero attached hydrogens (tertiary/aromatic N) is 12. The molecular weight excluding hydrogens is 1360 g/mol. The summed E-state index contributed by atoms with van der Waals surface area (Å²) in [7, 11) is 0.905. The lowest BCUT2D eigenvalue weighted by molar-refractivity contribution is -0.271. The number of hydrogen-bond donors (Lipinski definition) is 0. The van der Waals surface area contributed by atoms with Gasteiger partial charge in [-0.25, -0.2) is 0 Å². The number of rotatable bonds is 21. The molecule has 8 heterocycles. The van der Waals surface area contributed by atoms with Crippen LogP contribution in [0.25, 0.3) is 0 Å². The molecule has 14 rings (SSSR count). The van der Waals surface area contributed by atoms with Crippen molar-refractivity contribution in [3.05, 3.63) is 262 Å². The molecule has 4 aromatic heterocycles. The highest BCUT2D eigenvalue weighted by Gasteiger charge is 2.64. The summed E-state index contributed by atoms with van der Waals surface area (Å²) < 4.78 is 83.6. The second kappa shape index (κ2) is 35.6. The van der Waals surface area contributed by atoms with Crippen molar-refractivity contribution >= 4 is 23.6 Å². The first-order valence-electron chi connectivity index (χ1n) is 35.6. The maximum absolute atomic E-state index is 14.2. The highest BCUT2D eigenvalue weighted by atomic mass is 19.4. The van der Waals surface area contributed by atoms with Gasteiger partial charge in [0.2, 0.25) is 41.2 Å². The minimum atomic E-state index is -4.94. The van der Waals surface area contributed by atoms with Crippen LogP contribution in [0.1, 0.15) is 97.2 Å². The van der Waals surface area contributed by atoms with Gasteiger partial charge in [-0.15, -0.1) is 20.4 Å². The average molecular weight is 1450 g/mol. The second-order valence-corrected chi connectivity index (χ2v) is 27.2. The first-order valence-corrected chi connectivity index (χ1v) is 35.6. The van der Waals surface area contributed by atoms with Gasteiger partial charge in [0.05, 0.1) is 81.7 Å². The maximum atomic E-state index is 14.2. The van der Waals surface area contributed by atoms with Crippen LogP contribution in [0.3, 0.4) is 0 Å². The number of aromatic nitrogens is 8. The van der Waals surface area contributed by atoms with Crippen molar-refractivity contribution < 1.29 is 60.8 Å². The highest BCUT2D eigenvalue weighted by Crippen LogP contribution is 2.44. The maximum Gasteiger partial charge on any atom is 0.430 e. The van der Waals surface area contributed by atoms with E-state index in [1.165, 1.54) is 24.3 Å². The van der Waals surface area contributed by atoms with E-state index in [1.807, 2.05) is 233 Å². The summed E-state index contributed by atoms with van der Waals surface area (Å²) >= 11 is 0. The first kappa shape index (κ1) is 76.1. The molecule has 0 saturated heterocycles. The van der Waals surface area contributed by atoms with Crippen LogP contribution in [-0.4, -0.2) is 128 Å². The van der Waals surface area contributed by atoms with E-state index in [0.29, 0.717) is 108 Å². The van der Waals surface area contributed by atoms with Gasteiger partial charge < -0.3 is 48.0 Å². The number of ether oxygens (including phenoxy) is 6. The van der Waals surface area contributed by atoms with Gasteiger partial charge in [0.15, 0.2) is 0 Å². The Balaban J connectivity index is 0.000000142. The number of halogens is 3. The lowest BCUT2D eigenvalue weighted by atomic mass is 9.90. The predicted octanol–water partition coefficient (Wildman–Crippen LogP) is 12.6. The number of fused-ring (bicyclic) bond motifs is 4. The van der Waals surface area contributed by atoms with E-state index in [9.17, 15) is 32.3 Å². The Labute approximate surface area is 615 Å². The van der Waals surface area contributed by atoms with E-state index in [2.05, 4.69) is 20.4 Å². The molecule has 0 fully saturated rings. The molecule has 2 atom stereocenters. The second-order valence-electron chi connectivity index (χ2n) is 27.2. The molecule has 1 unspecified atom stereocenters. The molecule has 106 heavy (non-hydrogen) atoms. The van der Waals surface area contributed by atoms with E-state index in [1.54, 1.807) is 16.8 Å². The molecule has 4 aliphatic heterocycles. The van der Waals surface area contributed by atoms with Crippen LogP contribution in [0.5, 0.6) is 23.5 Å². The van der Waals surface area contributed by atoms with Crippen molar-refractivity contribution in [2.45, 2.75) is 138 Å². The normalized spacial score (nSPS) is 14.7. The minimum Gasteiger partial charge on any atom is -0.472 e. The SMILES string of the molecule is CC(C)(C)C(=O)N1CCn2nc(OCc3ccccc3)cc2C1.CCC(C)C(=O)N1CCn2nc(OCc3ccccc3)cc2C1.CO[C@](C(=O)N1CCn2nc(OCc3ccccc3)cc2C1)(c1ccccc1)C(F)(F)F.O=C(COCc1ccccc1)N1CCn2nc(OCc3ccccc3)cc2C1. The van der Waals surface area contributed by atoms with Crippen molar-refractivity contribution in [1.29, 1.82) is 0 Å². The molecule has 6 aromatic carbocycles. The number of methoxy groups -OCH3 is 1. The van der Waals surface area contributed by atoms with Crippen LogP contribution in [0.15, 0.2) is 206 Å². The molecule has 0 spiro atoms. The van der Waals surface area contributed by atoms with Crippen molar-refractivity contribution in [2.24, 2.45) is 11.3 Å². The first-order chi connectivity index (χ1) is 51.2. The summed E-state index contributed by atoms with van der Waals surface area (Å²) in [6.45, 7) is 18.4. The largest absolute Gasteiger partial charge is 0.472 e. The van der Waals surface area contributed by atoms with Gasteiger partial charge in [0.25, 0.3) is 11.5 Å². The van der Waals surface area contributed by atoms with E-state index < -0.39 is 17.7 Å². The van der Waals surface area contributed by atoms with Gasteiger partial charge in [0.1, 0.15) is 33.0 Å². The van der Waals surface area contributed by atoms with Gasteiger partial charge >= 0.3 is 6.18 Å². The number of benzene rings is 6. The zero-order valence-electron chi connectivity index (χ0n) is 60.7. The van der Waals surface area contributed by atoms with E-state index in [-0.39, 0.29) is 60.9 Å². The number of carbonyl (C=O) groups excluding carboxylic acids is 4. The van der Waals surface area contributed by atoms with Crippen LogP contribution in [-0.2, 0) is 120 Å². The predicted molar refractivity (Wildman–Crippen MR) is 390 cm³/mol. The molecule has 4 aliphatic rings. The fourth-order valence-electron chi connectivity index (χ4n) is 12.4. The monoisotopic (exact) mass is 1450 g/mol. The van der Waals surface area contributed by atoms with Gasteiger partial charge in [-0.2, -0.15) is 13.2 Å². The standard InChI is InChI=1S/C23H22F3N3O3.C22H23N3O3.2C18H23N3O2/c1-31-22(23(24,25)26,18-10-6-3-7-11-18)21(30)28-12-13-29-19(15-28)14-20(27-29)32-16-17-8-4-2-5-9-17;26-22(17-27-15-18-7-3-1-4-8-18)24-11-12-25-20(14-24)13-21(23-25)28-16-19-9-5-2-6-10-19;1-18(2,3)17(22)20-9-10-21-15(12-20)11-16(19-21)23-13-14-7-5-4-6-8-14;1-3-14(2)18(22)20-9-10-21-16(12-20)11-17(19-21)23-13-15-7-5-4-6-8-15/h2-11,14H,12-13,15-16H2,1H3;1-10,13H,11-12,14-17H2;4-8,11H,9-10,12-13H2,1-3H3;4-8,11,14H,3,9-10,12-13H2,1-2H3/t22-;;;/m0.../s1. The zero-order valence-corrected chi connectivity index (χ0v) is 60.7. The summed E-state index contributed by atoms with van der Waals surface area (Å²) in [6, 6.07) is 63.9. The number of amides is 4. The fourth-order valence-corrected chi connectivity index (χ4v) is 12.4. The number of carbonyl (C=O) groups is 4. The van der Waals surface area contributed by atoms with E-state index in [4.69, 9.17) is 28.4 Å². The van der Waals surface area contributed by atoms with Crippen molar-refractivity contribution in [3.63, 3.8) is 0 Å². The molecule has 0 N–H and O–H groups in total. The lowest BCUT2D eigenvalue weighted by Gasteiger charge is -2.39. The summed E-state index contributed by atoms with van der Waals surface area (Å²) in [5.74, 6) is 1.52. The van der Waals surface area contributed by atoms with Gasteiger partial charge in [0, 0.05) is 74.5 Å². The number of hydrogen-bond acceptors (Lipinski definition) is 14. The van der Waals surface area contributed by atoms with E-state index in [0.717, 1.165) is 76.4 Å². The third kappa shape index (κ3) is 19.9. The quantitative estimate of drug-likeness (QED) is 0.0656. The highest BCUT2D eigenvalue weighted by molar-refractivity contribution is 5.88. The number of alkyl halides is 3. The summed E-state index contributed by atoms with van der Waals surface area (Å²) in [5, 5.41) is 17.8. The zero-order chi connectivity index (χ0) is 74.6. The Kier molecular flexibility index (Phi) is 25.6. The molecule has 22 nitrogen and oxygen atoms in total. The Bertz CT molecular complexity index is 4460. The van der Waals surface area contributed by atoms with Crippen molar-refractivity contribution in [2.75, 3.05) is 39.9 Å². The van der Waals surface area contributed by atoms with Crippen LogP contribution in [0, 0.1) is 11.3 Å². The Morgan fingerprint density at radius 2 is 0.717 bits per heavy atom. The topological polar surface area (TPSA) is 208 Å². The molecule has 4 amide bonds. The molecule has 0 aliphatic carbocycles. The summed E-state index contributed by atoms with van der Waals surface area (Å²) in [4.78, 5) is 57.2. The smallest absolute Gasteiger partial charge is 0.430 e. The van der Waals surface area contributed by atoms with Crippen LogP contribution >= 0.6 is 0 Å². The van der Waals surface area contributed by atoms with Crippen molar-refractivity contribution in [1.82, 2.24) is 58.7 Å². The van der Waals surface area contributed by atoms with Gasteiger partial charge in [-0.3, -0.25) is 37.9 Å². The Morgan fingerprint density at radius 1 is 0.415 bits per heavy atom. The molecule has 0 radical (unpaired) electrons. The third-order valence-corrected chi connectivity index (χ3v) is 18.5. The molecule has 0 bridgehead atoms. The fraction of sp³-hybridized carbons (Fsp3) is 0.358. The summed E-state index contributed by atoms with van der Waals surface area (Å²) in [6.07, 6.45) is -4.07. The van der Waals surface area contributed by atoms with Crippen LogP contribution < -0.4 is 18.9 Å². The Morgan fingerprint density at radius 3 is 1.05 bits per heavy atom. The molecule has 10 aromatic rings. The third-order valence-electron chi connectivity index (χ3n) is 18.5. The average Bonchev–Trinajstić information content (AvgIpc) is 0.803. The molecular formula is C81H91F3N12O10. The lowest BCUT2D eigenvalue weighted by Crippen LogP contribution is -2.57.